The van der Waals surface area contributed by atoms with Gasteiger partial charge in [0.25, 0.3) is 0 Å². The van der Waals surface area contributed by atoms with Gasteiger partial charge in [-0.1, -0.05) is 38.1 Å². The van der Waals surface area contributed by atoms with E-state index in [1.54, 1.807) is 0 Å². The molecule has 4 saturated carbocycles. The lowest BCUT2D eigenvalue weighted by Crippen LogP contribution is -2.38. The Labute approximate surface area is 446 Å². The number of rotatable bonds is 21. The van der Waals surface area contributed by atoms with Crippen LogP contribution in [0.4, 0.5) is 16.2 Å². The van der Waals surface area contributed by atoms with Crippen LogP contribution in [-0.2, 0) is 14.3 Å². The van der Waals surface area contributed by atoms with Gasteiger partial charge in [-0.2, -0.15) is 0 Å². The second kappa shape index (κ2) is 24.9. The predicted octanol–water partition coefficient (Wildman–Crippen LogP) is 12.2. The SMILES string of the molecule is C[C@H](CC(=O)C1CC[C@@H](N)C1)c1ccc(O[C@@H]2CCN(c3ccc(OCC4CC4)cc3)C2)cc1.C[C@H](CC(=O)C1CC[C@@H](NC(=O)OC(C)(C)C)C1)c1ccc(O[C@@H]2CCN(c3ccc(OCC4CC4)cc3)C2)cc1. The number of ketones is 2. The maximum atomic E-state index is 13.0. The van der Waals surface area contributed by atoms with Gasteiger partial charge in [0.15, 0.2) is 0 Å². The molecule has 6 fully saturated rings. The van der Waals surface area contributed by atoms with E-state index in [4.69, 9.17) is 29.4 Å². The van der Waals surface area contributed by atoms with Gasteiger partial charge in [0, 0.05) is 74.1 Å². The van der Waals surface area contributed by atoms with Crippen molar-refractivity contribution >= 4 is 29.0 Å². The van der Waals surface area contributed by atoms with Crippen LogP contribution < -0.4 is 39.8 Å². The second-order valence-corrected chi connectivity index (χ2v) is 23.8. The largest absolute Gasteiger partial charge is 0.493 e. The Kier molecular flexibility index (Phi) is 18.0. The summed E-state index contributed by atoms with van der Waals surface area (Å²) in [6, 6.07) is 33.7. The van der Waals surface area contributed by atoms with Crippen molar-refractivity contribution in [3.05, 3.63) is 108 Å². The van der Waals surface area contributed by atoms with Crippen LogP contribution in [0.5, 0.6) is 23.0 Å². The first kappa shape index (κ1) is 54.1. The molecule has 2 saturated heterocycles. The maximum absolute atomic E-state index is 13.0. The van der Waals surface area contributed by atoms with E-state index in [2.05, 4.69) is 114 Å². The molecule has 75 heavy (non-hydrogen) atoms. The number of nitrogens with two attached hydrogens (primary N) is 1. The number of alkyl carbamates (subject to hydrolysis) is 1. The third kappa shape index (κ3) is 16.4. The number of carbonyl (C=O) groups excluding carboxylic acids is 3. The van der Waals surface area contributed by atoms with Gasteiger partial charge < -0.3 is 44.5 Å². The maximum Gasteiger partial charge on any atom is 0.407 e. The van der Waals surface area contributed by atoms with Crippen LogP contribution in [0.15, 0.2) is 97.1 Å². The molecule has 12 nitrogen and oxygen atoms in total. The highest BCUT2D eigenvalue weighted by atomic mass is 16.6. The number of Topliss-reactive ketones (excluding diaryl/α,β-unsaturated/α-hetero) is 2. The first-order valence-corrected chi connectivity index (χ1v) is 28.4. The topological polar surface area (TPSA) is 142 Å². The molecule has 1 amide bonds. The number of hydrogen-bond acceptors (Lipinski definition) is 11. The molecule has 404 valence electrons. The third-order valence-electron chi connectivity index (χ3n) is 16.1. The van der Waals surface area contributed by atoms with Crippen LogP contribution in [0, 0.1) is 23.7 Å². The fraction of sp³-hybridized carbons (Fsp3) is 0.571. The van der Waals surface area contributed by atoms with Crippen molar-refractivity contribution in [2.45, 2.75) is 166 Å². The number of hydrogen-bond donors (Lipinski definition) is 2. The molecule has 6 aliphatic rings. The summed E-state index contributed by atoms with van der Waals surface area (Å²) in [5, 5.41) is 2.93. The van der Waals surface area contributed by atoms with Crippen molar-refractivity contribution in [1.29, 1.82) is 0 Å². The zero-order valence-electron chi connectivity index (χ0n) is 45.4. The Morgan fingerprint density at radius 2 is 0.987 bits per heavy atom. The zero-order valence-corrected chi connectivity index (χ0v) is 45.4. The van der Waals surface area contributed by atoms with E-state index in [-0.39, 0.29) is 53.7 Å². The highest BCUT2D eigenvalue weighted by molar-refractivity contribution is 5.83. The molecule has 0 spiro atoms. The molecule has 2 heterocycles. The standard InChI is InChI=1S/C34H46N2O5.C29H38N2O3/c1-23(19-32(37)26-7-10-27(20-26)35-33(38)41-34(2,3)4)25-8-13-30(14-9-25)40-31-17-18-36(21-31)28-11-15-29(16-12-28)39-22-24-5-6-24;1-20(16-29(32)23-4-7-24(30)17-23)22-5-10-27(11-6-22)34-28-14-15-31(18-28)25-8-12-26(13-9-25)33-19-21-2-3-21/h8-9,11-16,23-24,26-27,31H,5-7,10,17-22H2,1-4H3,(H,35,38);5-6,8-13,20-21,23-24,28H,2-4,7,14-19,30H2,1H3/t23-,26?,27-,31-;20-,23?,24-,28-/m11/s1. The second-order valence-electron chi connectivity index (χ2n) is 23.8. The van der Waals surface area contributed by atoms with Gasteiger partial charge in [0.05, 0.1) is 26.3 Å². The van der Waals surface area contributed by atoms with Crippen LogP contribution in [0.1, 0.15) is 147 Å². The van der Waals surface area contributed by atoms with E-state index in [0.29, 0.717) is 25.0 Å². The summed E-state index contributed by atoms with van der Waals surface area (Å²) in [5.41, 5.74) is 10.2. The molecule has 0 radical (unpaired) electrons. The lowest BCUT2D eigenvalue weighted by molar-refractivity contribution is -0.123. The molecule has 4 aliphatic carbocycles. The van der Waals surface area contributed by atoms with E-state index in [0.717, 1.165) is 125 Å². The first-order valence-electron chi connectivity index (χ1n) is 28.4. The lowest BCUT2D eigenvalue weighted by Gasteiger charge is -2.22. The monoisotopic (exact) mass is 1020 g/mol. The van der Waals surface area contributed by atoms with Crippen LogP contribution in [0.3, 0.4) is 0 Å². The van der Waals surface area contributed by atoms with E-state index in [1.807, 2.05) is 32.9 Å². The van der Waals surface area contributed by atoms with Gasteiger partial charge in [-0.05, 0) is 193 Å². The molecule has 4 aromatic carbocycles. The fourth-order valence-corrected chi connectivity index (χ4v) is 11.1. The number of benzene rings is 4. The van der Waals surface area contributed by atoms with E-state index in [1.165, 1.54) is 42.6 Å². The molecule has 0 bridgehead atoms. The van der Waals surface area contributed by atoms with E-state index >= 15 is 0 Å². The molecule has 0 aromatic heterocycles. The molecule has 8 atom stereocenters. The smallest absolute Gasteiger partial charge is 0.407 e. The molecular weight excluding hydrogens is 941 g/mol. The summed E-state index contributed by atoms with van der Waals surface area (Å²) in [6.07, 6.45) is 13.4. The predicted molar refractivity (Wildman–Crippen MR) is 297 cm³/mol. The Morgan fingerprint density at radius 3 is 1.40 bits per heavy atom. The lowest BCUT2D eigenvalue weighted by atomic mass is 9.90. The van der Waals surface area contributed by atoms with E-state index in [9.17, 15) is 14.4 Å². The molecule has 3 N–H and O–H groups in total. The Hall–Kier alpha value is -5.75. The highest BCUT2D eigenvalue weighted by Crippen LogP contribution is 2.35. The Bertz CT molecular complexity index is 2470. The van der Waals surface area contributed by atoms with Crippen molar-refractivity contribution in [1.82, 2.24) is 5.32 Å². The third-order valence-corrected chi connectivity index (χ3v) is 16.1. The van der Waals surface area contributed by atoms with E-state index < -0.39 is 11.7 Å². The molecule has 2 unspecified atom stereocenters. The number of ether oxygens (including phenoxy) is 5. The van der Waals surface area contributed by atoms with Gasteiger partial charge in [-0.25, -0.2) is 4.79 Å². The summed E-state index contributed by atoms with van der Waals surface area (Å²) in [6.45, 7) is 15.2. The molecule has 2 aliphatic heterocycles. The summed E-state index contributed by atoms with van der Waals surface area (Å²) >= 11 is 0. The van der Waals surface area contributed by atoms with Crippen molar-refractivity contribution < 1.29 is 38.1 Å². The van der Waals surface area contributed by atoms with Gasteiger partial charge in [0.1, 0.15) is 52.4 Å². The molecule has 12 heteroatoms. The van der Waals surface area contributed by atoms with Crippen molar-refractivity contribution in [3.63, 3.8) is 0 Å². The molecule has 4 aromatic rings. The number of nitrogens with one attached hydrogen (secondary N) is 1. The number of anilines is 2. The average molecular weight is 1030 g/mol. The minimum Gasteiger partial charge on any atom is -0.493 e. The Balaban J connectivity index is 0.000000187. The Morgan fingerprint density at radius 1 is 0.560 bits per heavy atom. The van der Waals surface area contributed by atoms with Crippen LogP contribution in [-0.4, -0.2) is 86.9 Å². The van der Waals surface area contributed by atoms with Gasteiger partial charge in [0.2, 0.25) is 0 Å². The van der Waals surface area contributed by atoms with Gasteiger partial charge in [-0.3, -0.25) is 9.59 Å². The average Bonchev–Trinajstić information content (AvgIpc) is 4.15. The number of amides is 1. The zero-order chi connectivity index (χ0) is 52.5. The normalized spacial score (nSPS) is 24.2. The van der Waals surface area contributed by atoms with Crippen LogP contribution >= 0.6 is 0 Å². The number of nitrogens with zero attached hydrogens (tertiary/aromatic N) is 2. The summed E-state index contributed by atoms with van der Waals surface area (Å²) in [4.78, 5) is 42.5. The van der Waals surface area contributed by atoms with Crippen molar-refractivity contribution in [2.24, 2.45) is 29.4 Å². The summed E-state index contributed by atoms with van der Waals surface area (Å²) in [5.74, 6) is 6.37. The molecular formula is C63H84N4O8. The highest BCUT2D eigenvalue weighted by Gasteiger charge is 2.33. The number of carbonyl (C=O) groups is 3. The summed E-state index contributed by atoms with van der Waals surface area (Å²) < 4.78 is 29.7. The van der Waals surface area contributed by atoms with Crippen LogP contribution in [0.2, 0.25) is 0 Å². The first-order chi connectivity index (χ1) is 36.1. The quantitative estimate of drug-likeness (QED) is 0.0824. The minimum absolute atomic E-state index is 0.00220. The van der Waals surface area contributed by atoms with Gasteiger partial charge >= 0.3 is 6.09 Å². The molecule has 10 rings (SSSR count). The minimum atomic E-state index is -0.525. The van der Waals surface area contributed by atoms with Gasteiger partial charge in [-0.15, -0.1) is 0 Å². The van der Waals surface area contributed by atoms with Crippen molar-refractivity contribution in [2.75, 3.05) is 49.2 Å². The van der Waals surface area contributed by atoms with Crippen molar-refractivity contribution in [3.8, 4) is 23.0 Å². The van der Waals surface area contributed by atoms with Crippen LogP contribution in [0.25, 0.3) is 0 Å². The summed E-state index contributed by atoms with van der Waals surface area (Å²) in [7, 11) is 0. The fourth-order valence-electron chi connectivity index (χ4n) is 11.1.